The van der Waals surface area contributed by atoms with E-state index in [0.29, 0.717) is 5.92 Å². The van der Waals surface area contributed by atoms with Gasteiger partial charge in [0.25, 0.3) is 0 Å². The summed E-state index contributed by atoms with van der Waals surface area (Å²) >= 11 is 0. The Labute approximate surface area is 126 Å². The second kappa shape index (κ2) is 6.28. The molecule has 0 bridgehead atoms. The summed E-state index contributed by atoms with van der Waals surface area (Å²) in [6.45, 7) is 8.01. The molecule has 0 aromatic carbocycles. The fourth-order valence-corrected chi connectivity index (χ4v) is 3.26. The van der Waals surface area contributed by atoms with Gasteiger partial charge >= 0.3 is 0 Å². The lowest BCUT2D eigenvalue weighted by Crippen LogP contribution is -2.33. The van der Waals surface area contributed by atoms with E-state index in [2.05, 4.69) is 33.6 Å². The average molecular weight is 290 g/mol. The lowest BCUT2D eigenvalue weighted by Gasteiger charge is -2.25. The third kappa shape index (κ3) is 3.71. The summed E-state index contributed by atoms with van der Waals surface area (Å²) < 4.78 is 5.82. The van der Waals surface area contributed by atoms with Gasteiger partial charge in [0, 0.05) is 30.8 Å². The quantitative estimate of drug-likeness (QED) is 0.890. The highest BCUT2D eigenvalue weighted by Crippen LogP contribution is 2.27. The maximum absolute atomic E-state index is 5.82. The van der Waals surface area contributed by atoms with Crippen molar-refractivity contribution < 1.29 is 4.74 Å². The average Bonchev–Trinajstić information content (AvgIpc) is 2.93. The van der Waals surface area contributed by atoms with E-state index >= 15 is 0 Å². The molecule has 5 nitrogen and oxygen atoms in total. The molecule has 1 aromatic rings. The fourth-order valence-electron chi connectivity index (χ4n) is 3.26. The monoisotopic (exact) mass is 290 g/mol. The van der Waals surface area contributed by atoms with E-state index in [1.165, 1.54) is 5.69 Å². The maximum atomic E-state index is 5.82. The summed E-state index contributed by atoms with van der Waals surface area (Å²) in [5.41, 5.74) is 1.14. The van der Waals surface area contributed by atoms with Gasteiger partial charge in [0.15, 0.2) is 0 Å². The third-order valence-corrected chi connectivity index (χ3v) is 4.56. The number of aryl methyl sites for hydroxylation is 1. The lowest BCUT2D eigenvalue weighted by atomic mass is 9.94. The predicted octanol–water partition coefficient (Wildman–Crippen LogP) is 2.23. The van der Waals surface area contributed by atoms with E-state index in [9.17, 15) is 0 Å². The number of nitrogens with zero attached hydrogens (tertiary/aromatic N) is 2. The first-order chi connectivity index (χ1) is 10.1. The second-order valence-corrected chi connectivity index (χ2v) is 6.51. The molecule has 0 unspecified atom stereocenters. The molecule has 2 saturated heterocycles. The van der Waals surface area contributed by atoms with Gasteiger partial charge in [-0.3, -0.25) is 0 Å². The molecule has 21 heavy (non-hydrogen) atoms. The fraction of sp³-hybridized carbons (Fsp3) is 0.750. The smallest absolute Gasteiger partial charge is 0.130 e. The number of aromatic nitrogens is 2. The Hall–Kier alpha value is -1.20. The largest absolute Gasteiger partial charge is 0.373 e. The van der Waals surface area contributed by atoms with Gasteiger partial charge in [-0.05, 0) is 52.6 Å². The summed E-state index contributed by atoms with van der Waals surface area (Å²) in [4.78, 5) is 9.17. The Bertz CT molecular complexity index is 479. The molecule has 0 aliphatic carbocycles. The van der Waals surface area contributed by atoms with Crippen LogP contribution in [0.15, 0.2) is 6.07 Å². The van der Waals surface area contributed by atoms with Gasteiger partial charge in [0.2, 0.25) is 0 Å². The Morgan fingerprint density at radius 2 is 2.19 bits per heavy atom. The summed E-state index contributed by atoms with van der Waals surface area (Å²) in [6, 6.07) is 2.13. The zero-order chi connectivity index (χ0) is 14.7. The molecule has 0 amide bonds. The molecule has 116 valence electrons. The van der Waals surface area contributed by atoms with E-state index in [4.69, 9.17) is 4.74 Å². The van der Waals surface area contributed by atoms with Crippen LogP contribution in [0.25, 0.3) is 0 Å². The second-order valence-electron chi connectivity index (χ2n) is 6.51. The van der Waals surface area contributed by atoms with E-state index in [1.807, 2.05) is 6.92 Å². The number of hydrogen-bond acceptors (Lipinski definition) is 5. The minimum Gasteiger partial charge on any atom is -0.373 e. The SMILES string of the molecule is Cc1nc(NC[C@@]2(C)CCCO2)cc(C2CCNCC2)n1. The topological polar surface area (TPSA) is 59.1 Å². The Morgan fingerprint density at radius 1 is 1.38 bits per heavy atom. The number of anilines is 1. The molecular weight excluding hydrogens is 264 g/mol. The van der Waals surface area contributed by atoms with E-state index in [1.54, 1.807) is 0 Å². The standard InChI is InChI=1S/C16H26N4O/c1-12-19-14(13-4-7-17-8-5-13)10-15(20-12)18-11-16(2)6-3-9-21-16/h10,13,17H,3-9,11H2,1-2H3,(H,18,19,20)/t16-/m1/s1. The van der Waals surface area contributed by atoms with Crippen LogP contribution in [0.4, 0.5) is 5.82 Å². The van der Waals surface area contributed by atoms with Crippen molar-refractivity contribution in [3.63, 3.8) is 0 Å². The van der Waals surface area contributed by atoms with Crippen LogP contribution >= 0.6 is 0 Å². The van der Waals surface area contributed by atoms with Crippen LogP contribution in [-0.2, 0) is 4.74 Å². The van der Waals surface area contributed by atoms with Crippen molar-refractivity contribution in [3.05, 3.63) is 17.6 Å². The van der Waals surface area contributed by atoms with Crippen molar-refractivity contribution >= 4 is 5.82 Å². The highest BCUT2D eigenvalue weighted by Gasteiger charge is 2.29. The molecule has 2 N–H and O–H groups in total. The molecule has 1 atom stereocenters. The minimum atomic E-state index is -0.0478. The van der Waals surface area contributed by atoms with Gasteiger partial charge in [0.05, 0.1) is 5.60 Å². The summed E-state index contributed by atoms with van der Waals surface area (Å²) in [6.07, 6.45) is 4.60. The first kappa shape index (κ1) is 14.7. The van der Waals surface area contributed by atoms with Crippen LogP contribution in [0, 0.1) is 6.92 Å². The van der Waals surface area contributed by atoms with Crippen molar-refractivity contribution in [2.45, 2.75) is 51.0 Å². The third-order valence-electron chi connectivity index (χ3n) is 4.56. The van der Waals surface area contributed by atoms with Crippen molar-refractivity contribution in [1.29, 1.82) is 0 Å². The van der Waals surface area contributed by atoms with Gasteiger partial charge in [-0.25, -0.2) is 9.97 Å². The molecule has 1 aromatic heterocycles. The zero-order valence-corrected chi connectivity index (χ0v) is 13.1. The summed E-state index contributed by atoms with van der Waals surface area (Å²) in [5, 5.41) is 6.86. The van der Waals surface area contributed by atoms with Crippen LogP contribution in [0.1, 0.15) is 50.0 Å². The van der Waals surface area contributed by atoms with Gasteiger partial charge in [0.1, 0.15) is 11.6 Å². The van der Waals surface area contributed by atoms with Crippen LogP contribution < -0.4 is 10.6 Å². The van der Waals surface area contributed by atoms with Crippen molar-refractivity contribution in [1.82, 2.24) is 15.3 Å². The molecule has 0 spiro atoms. The zero-order valence-electron chi connectivity index (χ0n) is 13.1. The number of rotatable bonds is 4. The highest BCUT2D eigenvalue weighted by atomic mass is 16.5. The van der Waals surface area contributed by atoms with E-state index in [0.717, 1.165) is 63.6 Å². The van der Waals surface area contributed by atoms with Gasteiger partial charge in [-0.2, -0.15) is 0 Å². The Morgan fingerprint density at radius 3 is 2.90 bits per heavy atom. The highest BCUT2D eigenvalue weighted by molar-refractivity contribution is 5.37. The van der Waals surface area contributed by atoms with Crippen LogP contribution in [-0.4, -0.2) is 41.8 Å². The molecule has 0 saturated carbocycles. The van der Waals surface area contributed by atoms with Crippen LogP contribution in [0.5, 0.6) is 0 Å². The van der Waals surface area contributed by atoms with Crippen molar-refractivity contribution in [2.24, 2.45) is 0 Å². The van der Waals surface area contributed by atoms with E-state index < -0.39 is 0 Å². The van der Waals surface area contributed by atoms with E-state index in [-0.39, 0.29) is 5.60 Å². The van der Waals surface area contributed by atoms with Crippen molar-refractivity contribution in [3.8, 4) is 0 Å². The van der Waals surface area contributed by atoms with Crippen LogP contribution in [0.3, 0.4) is 0 Å². The molecule has 2 aliphatic rings. The van der Waals surface area contributed by atoms with Crippen LogP contribution in [0.2, 0.25) is 0 Å². The summed E-state index contributed by atoms with van der Waals surface area (Å²) in [5.74, 6) is 2.35. The molecule has 0 radical (unpaired) electrons. The van der Waals surface area contributed by atoms with Crippen molar-refractivity contribution in [2.75, 3.05) is 31.6 Å². The van der Waals surface area contributed by atoms with Gasteiger partial charge in [-0.1, -0.05) is 0 Å². The summed E-state index contributed by atoms with van der Waals surface area (Å²) in [7, 11) is 0. The molecule has 2 fully saturated rings. The lowest BCUT2D eigenvalue weighted by molar-refractivity contribution is 0.0314. The molecule has 3 heterocycles. The number of ether oxygens (including phenoxy) is 1. The maximum Gasteiger partial charge on any atom is 0.130 e. The number of piperidine rings is 1. The van der Waals surface area contributed by atoms with Gasteiger partial charge in [-0.15, -0.1) is 0 Å². The molecule has 2 aliphatic heterocycles. The predicted molar refractivity (Wildman–Crippen MR) is 83.7 cm³/mol. The normalized spacial score (nSPS) is 27.0. The first-order valence-electron chi connectivity index (χ1n) is 8.09. The molecule has 5 heteroatoms. The van der Waals surface area contributed by atoms with Gasteiger partial charge < -0.3 is 15.4 Å². The minimum absolute atomic E-state index is 0.0478. The molecule has 3 rings (SSSR count). The first-order valence-corrected chi connectivity index (χ1v) is 8.09. The Kier molecular flexibility index (Phi) is 4.40. The number of nitrogens with one attached hydrogen (secondary N) is 2. The molecular formula is C16H26N4O. The number of hydrogen-bond donors (Lipinski definition) is 2. The Balaban J connectivity index is 1.68.